The number of carbonyl (C=O) groups is 1. The summed E-state index contributed by atoms with van der Waals surface area (Å²) >= 11 is 0. The minimum atomic E-state index is -0.139. The van der Waals surface area contributed by atoms with Crippen molar-refractivity contribution in [1.82, 2.24) is 0 Å². The van der Waals surface area contributed by atoms with Crippen LogP contribution in [0.15, 0.2) is 0 Å². The lowest BCUT2D eigenvalue weighted by atomic mass is 9.75. The maximum atomic E-state index is 12.4. The van der Waals surface area contributed by atoms with Gasteiger partial charge in [0.05, 0.1) is 5.92 Å². The number of carbonyl (C=O) groups excluding carboxylic acids is 1. The quantitative estimate of drug-likeness (QED) is 0.758. The number of nitrogens with two attached hydrogens (primary N) is 1. The predicted octanol–water partition coefficient (Wildman–Crippen LogP) is 3.61. The molecule has 0 amide bonds. The molecule has 1 aliphatic rings. The van der Waals surface area contributed by atoms with Gasteiger partial charge in [0.1, 0.15) is 6.10 Å². The van der Waals surface area contributed by atoms with Gasteiger partial charge in [-0.15, -0.1) is 0 Å². The Balaban J connectivity index is 2.64. The average Bonchev–Trinajstić information content (AvgIpc) is 2.35. The van der Waals surface area contributed by atoms with Crippen LogP contribution in [-0.4, -0.2) is 18.6 Å². The Morgan fingerprint density at radius 3 is 2.40 bits per heavy atom. The summed E-state index contributed by atoms with van der Waals surface area (Å²) in [4.78, 5) is 12.4. The van der Waals surface area contributed by atoms with E-state index in [9.17, 15) is 4.79 Å². The van der Waals surface area contributed by atoms with Crippen molar-refractivity contribution in [2.75, 3.05) is 6.54 Å². The van der Waals surface area contributed by atoms with Gasteiger partial charge in [-0.2, -0.15) is 0 Å². The molecule has 0 aromatic rings. The molecule has 1 fully saturated rings. The van der Waals surface area contributed by atoms with Crippen LogP contribution in [0.4, 0.5) is 0 Å². The Kier molecular flexibility index (Phi) is 7.01. The molecule has 1 saturated carbocycles. The molecule has 4 unspecified atom stereocenters. The molecule has 0 aliphatic heterocycles. The van der Waals surface area contributed by atoms with Crippen molar-refractivity contribution >= 4 is 5.97 Å². The maximum absolute atomic E-state index is 12.4. The molecule has 0 bridgehead atoms. The summed E-state index contributed by atoms with van der Waals surface area (Å²) < 4.78 is 5.87. The van der Waals surface area contributed by atoms with Crippen molar-refractivity contribution < 1.29 is 9.53 Å². The molecule has 4 atom stereocenters. The highest BCUT2D eigenvalue weighted by molar-refractivity contribution is 5.72. The van der Waals surface area contributed by atoms with E-state index in [1.54, 1.807) is 0 Å². The van der Waals surface area contributed by atoms with Gasteiger partial charge in [0.15, 0.2) is 0 Å². The Bertz CT molecular complexity index is 301. The molecule has 1 rings (SSSR count). The number of hydrogen-bond acceptors (Lipinski definition) is 3. The Morgan fingerprint density at radius 1 is 1.25 bits per heavy atom. The molecule has 0 saturated heterocycles. The summed E-state index contributed by atoms with van der Waals surface area (Å²) in [5.74, 6) is 1.99. The first kappa shape index (κ1) is 17.5. The van der Waals surface area contributed by atoms with Gasteiger partial charge in [-0.3, -0.25) is 4.79 Å². The molecule has 0 spiro atoms. The fourth-order valence-corrected chi connectivity index (χ4v) is 3.35. The number of rotatable bonds is 6. The lowest BCUT2D eigenvalue weighted by molar-refractivity contribution is -0.161. The summed E-state index contributed by atoms with van der Waals surface area (Å²) in [5.41, 5.74) is 5.75. The third-order valence-corrected chi connectivity index (χ3v) is 4.60. The van der Waals surface area contributed by atoms with Crippen molar-refractivity contribution in [3.63, 3.8) is 0 Å². The first-order valence-electron chi connectivity index (χ1n) is 8.25. The monoisotopic (exact) mass is 283 g/mol. The Labute approximate surface area is 124 Å². The van der Waals surface area contributed by atoms with Gasteiger partial charge >= 0.3 is 5.97 Å². The summed E-state index contributed by atoms with van der Waals surface area (Å²) in [7, 11) is 0. The van der Waals surface area contributed by atoms with Gasteiger partial charge in [-0.1, -0.05) is 41.0 Å². The van der Waals surface area contributed by atoms with Crippen molar-refractivity contribution in [3.05, 3.63) is 0 Å². The third-order valence-electron chi connectivity index (χ3n) is 4.60. The van der Waals surface area contributed by atoms with Crippen molar-refractivity contribution in [2.24, 2.45) is 35.3 Å². The van der Waals surface area contributed by atoms with Crippen LogP contribution >= 0.6 is 0 Å². The van der Waals surface area contributed by atoms with E-state index >= 15 is 0 Å². The van der Waals surface area contributed by atoms with Gasteiger partial charge in [0, 0.05) is 6.54 Å². The highest BCUT2D eigenvalue weighted by Gasteiger charge is 2.34. The minimum absolute atomic E-state index is 0.0778. The van der Waals surface area contributed by atoms with E-state index in [1.165, 1.54) is 12.8 Å². The molecule has 2 N–H and O–H groups in total. The molecule has 0 aromatic heterocycles. The van der Waals surface area contributed by atoms with E-state index in [4.69, 9.17) is 10.5 Å². The molecule has 20 heavy (non-hydrogen) atoms. The number of esters is 1. The summed E-state index contributed by atoms with van der Waals surface area (Å²) in [6.45, 7) is 11.4. The molecule has 3 nitrogen and oxygen atoms in total. The van der Waals surface area contributed by atoms with Gasteiger partial charge in [0.25, 0.3) is 0 Å². The van der Waals surface area contributed by atoms with E-state index in [0.717, 1.165) is 12.8 Å². The topological polar surface area (TPSA) is 52.3 Å². The van der Waals surface area contributed by atoms with E-state index in [2.05, 4.69) is 34.6 Å². The average molecular weight is 283 g/mol. The van der Waals surface area contributed by atoms with Gasteiger partial charge in [-0.05, 0) is 42.9 Å². The molecule has 118 valence electrons. The highest BCUT2D eigenvalue weighted by Crippen LogP contribution is 2.35. The van der Waals surface area contributed by atoms with Crippen molar-refractivity contribution in [1.29, 1.82) is 0 Å². The van der Waals surface area contributed by atoms with Crippen LogP contribution < -0.4 is 5.73 Å². The Hall–Kier alpha value is -0.570. The first-order chi connectivity index (χ1) is 9.35. The minimum Gasteiger partial charge on any atom is -0.462 e. The molecule has 0 heterocycles. The predicted molar refractivity (Wildman–Crippen MR) is 83.2 cm³/mol. The fourth-order valence-electron chi connectivity index (χ4n) is 3.35. The first-order valence-corrected chi connectivity index (χ1v) is 8.25. The molecular formula is C17H33NO2. The summed E-state index contributed by atoms with van der Waals surface area (Å²) in [6.07, 6.45) is 4.35. The van der Waals surface area contributed by atoms with Gasteiger partial charge < -0.3 is 10.5 Å². The van der Waals surface area contributed by atoms with Crippen LogP contribution in [0.5, 0.6) is 0 Å². The molecule has 3 heteroatoms. The summed E-state index contributed by atoms with van der Waals surface area (Å²) in [5, 5.41) is 0. The zero-order chi connectivity index (χ0) is 15.3. The van der Waals surface area contributed by atoms with Crippen LogP contribution in [0.2, 0.25) is 0 Å². The largest absolute Gasteiger partial charge is 0.462 e. The third kappa shape index (κ3) is 5.08. The van der Waals surface area contributed by atoms with Crippen LogP contribution in [0, 0.1) is 29.6 Å². The van der Waals surface area contributed by atoms with Crippen LogP contribution in [0.25, 0.3) is 0 Å². The second kappa shape index (κ2) is 8.02. The second-order valence-corrected chi connectivity index (χ2v) is 7.36. The Morgan fingerprint density at radius 2 is 1.90 bits per heavy atom. The lowest BCUT2D eigenvalue weighted by Crippen LogP contribution is -2.38. The van der Waals surface area contributed by atoms with E-state index in [-0.39, 0.29) is 18.0 Å². The molecule has 0 radical (unpaired) electrons. The SMILES string of the molecule is CC(C)CC(CN)C(=O)OC1CC(C)CCC1C(C)C. The smallest absolute Gasteiger partial charge is 0.310 e. The summed E-state index contributed by atoms with van der Waals surface area (Å²) in [6, 6.07) is 0. The zero-order valence-electron chi connectivity index (χ0n) is 13.9. The van der Waals surface area contributed by atoms with E-state index in [0.29, 0.717) is 30.2 Å². The van der Waals surface area contributed by atoms with E-state index in [1.807, 2.05) is 0 Å². The van der Waals surface area contributed by atoms with Crippen LogP contribution in [-0.2, 0) is 9.53 Å². The number of hydrogen-bond donors (Lipinski definition) is 1. The van der Waals surface area contributed by atoms with Crippen molar-refractivity contribution in [3.8, 4) is 0 Å². The van der Waals surface area contributed by atoms with Crippen LogP contribution in [0.1, 0.15) is 60.3 Å². The molecular weight excluding hydrogens is 250 g/mol. The van der Waals surface area contributed by atoms with E-state index < -0.39 is 0 Å². The fraction of sp³-hybridized carbons (Fsp3) is 0.941. The zero-order valence-corrected chi connectivity index (χ0v) is 13.9. The lowest BCUT2D eigenvalue weighted by Gasteiger charge is -2.37. The second-order valence-electron chi connectivity index (χ2n) is 7.36. The normalized spacial score (nSPS) is 28.7. The molecule has 1 aliphatic carbocycles. The maximum Gasteiger partial charge on any atom is 0.310 e. The highest BCUT2D eigenvalue weighted by atomic mass is 16.5. The number of ether oxygens (including phenoxy) is 1. The standard InChI is InChI=1S/C17H33NO2/c1-11(2)8-14(10-18)17(19)20-16-9-13(5)6-7-15(16)12(3)4/h11-16H,6-10,18H2,1-5H3. The van der Waals surface area contributed by atoms with Crippen molar-refractivity contribution in [2.45, 2.75) is 66.4 Å². The van der Waals surface area contributed by atoms with Gasteiger partial charge in [-0.25, -0.2) is 0 Å². The van der Waals surface area contributed by atoms with Crippen LogP contribution in [0.3, 0.4) is 0 Å². The van der Waals surface area contributed by atoms with Gasteiger partial charge in [0.2, 0.25) is 0 Å². The molecule has 0 aromatic carbocycles.